The first-order valence-corrected chi connectivity index (χ1v) is 7.54. The average molecular weight is 337 g/mol. The highest BCUT2D eigenvalue weighted by Gasteiger charge is 2.23. The number of nitrogens with one attached hydrogen (secondary N) is 1. The lowest BCUT2D eigenvalue weighted by Gasteiger charge is -2.23. The number of aryl methyl sites for hydroxylation is 4. The van der Waals surface area contributed by atoms with E-state index >= 15 is 0 Å². The Labute approximate surface area is 128 Å². The summed E-state index contributed by atoms with van der Waals surface area (Å²) < 4.78 is 2.94. The van der Waals surface area contributed by atoms with Crippen molar-refractivity contribution in [1.29, 1.82) is 0 Å². The van der Waals surface area contributed by atoms with E-state index in [0.29, 0.717) is 0 Å². The molecule has 5 heteroatoms. The minimum absolute atomic E-state index is 0.0765. The maximum absolute atomic E-state index is 5.85. The molecule has 2 rings (SSSR count). The molecule has 4 nitrogen and oxygen atoms in total. The Morgan fingerprint density at radius 1 is 1.30 bits per heavy atom. The summed E-state index contributed by atoms with van der Waals surface area (Å²) in [5, 5.41) is 4.38. The molecule has 0 aliphatic rings. The van der Waals surface area contributed by atoms with E-state index in [9.17, 15) is 0 Å². The number of nitrogens with two attached hydrogens (primary N) is 1. The number of benzene rings is 1. The quantitative estimate of drug-likeness (QED) is 0.666. The second kappa shape index (κ2) is 6.08. The molecule has 0 radical (unpaired) electrons. The maximum atomic E-state index is 5.85. The SMILES string of the molecule is CCn1ncc(Br)c1C(NN)c1c(C)cc(C)cc1C. The zero-order valence-corrected chi connectivity index (χ0v) is 14.0. The Morgan fingerprint density at radius 3 is 2.40 bits per heavy atom. The summed E-state index contributed by atoms with van der Waals surface area (Å²) in [6.07, 6.45) is 1.82. The highest BCUT2D eigenvalue weighted by atomic mass is 79.9. The molecule has 20 heavy (non-hydrogen) atoms. The molecular formula is C15H21BrN4. The van der Waals surface area contributed by atoms with Crippen molar-refractivity contribution in [3.8, 4) is 0 Å². The molecule has 1 atom stereocenters. The highest BCUT2D eigenvalue weighted by molar-refractivity contribution is 9.10. The largest absolute Gasteiger partial charge is 0.271 e. The van der Waals surface area contributed by atoms with Gasteiger partial charge in [-0.25, -0.2) is 5.43 Å². The molecule has 0 aliphatic heterocycles. The highest BCUT2D eigenvalue weighted by Crippen LogP contribution is 2.32. The Hall–Kier alpha value is -1.17. The van der Waals surface area contributed by atoms with E-state index in [1.807, 2.05) is 10.9 Å². The minimum atomic E-state index is -0.0765. The smallest absolute Gasteiger partial charge is 0.0894 e. The molecule has 2 aromatic rings. The fourth-order valence-corrected chi connectivity index (χ4v) is 3.38. The summed E-state index contributed by atoms with van der Waals surface area (Å²) in [6, 6.07) is 4.30. The van der Waals surface area contributed by atoms with Crippen LogP contribution in [0.5, 0.6) is 0 Å². The van der Waals surface area contributed by atoms with Crippen molar-refractivity contribution < 1.29 is 0 Å². The number of rotatable bonds is 4. The van der Waals surface area contributed by atoms with Crippen LogP contribution < -0.4 is 11.3 Å². The zero-order valence-electron chi connectivity index (χ0n) is 12.4. The van der Waals surface area contributed by atoms with Crippen LogP contribution in [0.25, 0.3) is 0 Å². The van der Waals surface area contributed by atoms with Crippen molar-refractivity contribution >= 4 is 15.9 Å². The lowest BCUT2D eigenvalue weighted by molar-refractivity contribution is 0.539. The van der Waals surface area contributed by atoms with Crippen LogP contribution in [-0.2, 0) is 6.54 Å². The van der Waals surface area contributed by atoms with Crippen LogP contribution in [0.3, 0.4) is 0 Å². The van der Waals surface area contributed by atoms with Crippen LogP contribution in [0.1, 0.15) is 40.9 Å². The molecule has 108 valence electrons. The van der Waals surface area contributed by atoms with E-state index in [0.717, 1.165) is 16.7 Å². The topological polar surface area (TPSA) is 55.9 Å². The first kappa shape index (κ1) is 15.2. The Kier molecular flexibility index (Phi) is 4.62. The molecule has 0 saturated carbocycles. The van der Waals surface area contributed by atoms with Gasteiger partial charge in [-0.2, -0.15) is 5.10 Å². The molecule has 1 aromatic heterocycles. The van der Waals surface area contributed by atoms with Gasteiger partial charge in [-0.15, -0.1) is 0 Å². The molecule has 1 heterocycles. The molecule has 0 saturated heterocycles. The van der Waals surface area contributed by atoms with E-state index in [1.165, 1.54) is 22.3 Å². The van der Waals surface area contributed by atoms with Gasteiger partial charge in [0.1, 0.15) is 0 Å². The molecule has 0 bridgehead atoms. The number of hydrogen-bond donors (Lipinski definition) is 2. The first-order valence-electron chi connectivity index (χ1n) is 6.74. The monoisotopic (exact) mass is 336 g/mol. The molecule has 3 N–H and O–H groups in total. The summed E-state index contributed by atoms with van der Waals surface area (Å²) >= 11 is 3.58. The van der Waals surface area contributed by atoms with Crippen LogP contribution in [0.15, 0.2) is 22.8 Å². The lowest BCUT2D eigenvalue weighted by Crippen LogP contribution is -2.32. The van der Waals surface area contributed by atoms with Gasteiger partial charge in [0, 0.05) is 6.54 Å². The van der Waals surface area contributed by atoms with E-state index in [4.69, 9.17) is 5.84 Å². The first-order chi connectivity index (χ1) is 9.49. The van der Waals surface area contributed by atoms with Crippen molar-refractivity contribution in [3.05, 3.63) is 50.8 Å². The van der Waals surface area contributed by atoms with Gasteiger partial charge in [-0.1, -0.05) is 17.7 Å². The number of nitrogens with zero attached hydrogens (tertiary/aromatic N) is 2. The number of aromatic nitrogens is 2. The van der Waals surface area contributed by atoms with Gasteiger partial charge in [-0.05, 0) is 60.3 Å². The summed E-state index contributed by atoms with van der Waals surface area (Å²) in [4.78, 5) is 0. The van der Waals surface area contributed by atoms with Crippen LogP contribution >= 0.6 is 15.9 Å². The number of hydrogen-bond acceptors (Lipinski definition) is 3. The molecular weight excluding hydrogens is 316 g/mol. The maximum Gasteiger partial charge on any atom is 0.0894 e. The fourth-order valence-electron chi connectivity index (χ4n) is 2.86. The summed E-state index contributed by atoms with van der Waals surface area (Å²) in [5.41, 5.74) is 8.96. The number of hydrazine groups is 1. The Balaban J connectivity index is 2.61. The third kappa shape index (κ3) is 2.66. The van der Waals surface area contributed by atoms with E-state index in [1.54, 1.807) is 0 Å². The second-order valence-electron chi connectivity index (χ2n) is 5.11. The predicted molar refractivity (Wildman–Crippen MR) is 85.4 cm³/mol. The van der Waals surface area contributed by atoms with Gasteiger partial charge >= 0.3 is 0 Å². The molecule has 0 amide bonds. The van der Waals surface area contributed by atoms with Crippen molar-refractivity contribution in [2.75, 3.05) is 0 Å². The molecule has 0 fully saturated rings. The van der Waals surface area contributed by atoms with Crippen molar-refractivity contribution in [2.24, 2.45) is 5.84 Å². The molecule has 0 spiro atoms. The van der Waals surface area contributed by atoms with Crippen LogP contribution in [0, 0.1) is 20.8 Å². The molecule has 0 aliphatic carbocycles. The predicted octanol–water partition coefficient (Wildman–Crippen LogP) is 3.14. The standard InChI is InChI=1S/C15H21BrN4/c1-5-20-15(12(16)8-18-20)14(19-17)13-10(3)6-9(2)7-11(13)4/h6-8,14,19H,5,17H2,1-4H3. The van der Waals surface area contributed by atoms with Crippen LogP contribution in [0.4, 0.5) is 0 Å². The van der Waals surface area contributed by atoms with E-state index in [-0.39, 0.29) is 6.04 Å². The summed E-state index contributed by atoms with van der Waals surface area (Å²) in [7, 11) is 0. The summed E-state index contributed by atoms with van der Waals surface area (Å²) in [5.74, 6) is 5.85. The lowest BCUT2D eigenvalue weighted by atomic mass is 9.92. The Morgan fingerprint density at radius 2 is 1.90 bits per heavy atom. The van der Waals surface area contributed by atoms with Gasteiger partial charge in [-0.3, -0.25) is 10.5 Å². The molecule has 1 unspecified atom stereocenters. The van der Waals surface area contributed by atoms with Gasteiger partial charge < -0.3 is 0 Å². The van der Waals surface area contributed by atoms with Crippen molar-refractivity contribution in [3.63, 3.8) is 0 Å². The van der Waals surface area contributed by atoms with E-state index < -0.39 is 0 Å². The normalized spacial score (nSPS) is 12.7. The van der Waals surface area contributed by atoms with Gasteiger partial charge in [0.2, 0.25) is 0 Å². The number of halogens is 1. The fraction of sp³-hybridized carbons (Fsp3) is 0.400. The van der Waals surface area contributed by atoms with Crippen LogP contribution in [-0.4, -0.2) is 9.78 Å². The second-order valence-corrected chi connectivity index (χ2v) is 5.96. The molecule has 1 aromatic carbocycles. The van der Waals surface area contributed by atoms with Crippen molar-refractivity contribution in [1.82, 2.24) is 15.2 Å². The third-order valence-corrected chi connectivity index (χ3v) is 4.21. The third-order valence-electron chi connectivity index (χ3n) is 3.60. The minimum Gasteiger partial charge on any atom is -0.271 e. The van der Waals surface area contributed by atoms with Crippen molar-refractivity contribution in [2.45, 2.75) is 40.3 Å². The Bertz CT molecular complexity index is 595. The van der Waals surface area contributed by atoms with E-state index in [2.05, 4.69) is 66.3 Å². The van der Waals surface area contributed by atoms with Gasteiger partial charge in [0.25, 0.3) is 0 Å². The zero-order chi connectivity index (χ0) is 14.9. The average Bonchev–Trinajstić information content (AvgIpc) is 2.74. The van der Waals surface area contributed by atoms with Crippen LogP contribution in [0.2, 0.25) is 0 Å². The van der Waals surface area contributed by atoms with Gasteiger partial charge in [0.15, 0.2) is 0 Å². The summed E-state index contributed by atoms with van der Waals surface area (Å²) in [6.45, 7) is 9.25. The van der Waals surface area contributed by atoms with Gasteiger partial charge in [0.05, 0.1) is 22.4 Å².